The molecule has 0 radical (unpaired) electrons. The lowest BCUT2D eigenvalue weighted by atomic mass is 10.3. The van der Waals surface area contributed by atoms with Crippen LogP contribution < -0.4 is 11.3 Å². The first kappa shape index (κ1) is 14.4. The summed E-state index contributed by atoms with van der Waals surface area (Å²) < 4.78 is 4.97. The Balaban J connectivity index is 2.48. The zero-order valence-electron chi connectivity index (χ0n) is 11.0. The van der Waals surface area contributed by atoms with Crippen molar-refractivity contribution in [2.75, 3.05) is 27.3 Å². The second kappa shape index (κ2) is 8.43. The first-order valence-electron chi connectivity index (χ1n) is 5.88. The van der Waals surface area contributed by atoms with E-state index >= 15 is 0 Å². The molecule has 0 unspecified atom stereocenters. The number of nitrogens with two attached hydrogens (primary N) is 1. The third-order valence-electron chi connectivity index (χ3n) is 2.40. The minimum absolute atomic E-state index is 0.662. The lowest BCUT2D eigenvalue weighted by Crippen LogP contribution is -2.42. The molecule has 0 saturated heterocycles. The average Bonchev–Trinajstić information content (AvgIpc) is 2.40. The topological polar surface area (TPSA) is 75.8 Å². The molecule has 0 amide bonds. The van der Waals surface area contributed by atoms with E-state index in [9.17, 15) is 0 Å². The highest BCUT2D eigenvalue weighted by Crippen LogP contribution is 2.00. The van der Waals surface area contributed by atoms with Crippen molar-refractivity contribution in [2.24, 2.45) is 10.8 Å². The van der Waals surface area contributed by atoms with E-state index in [0.29, 0.717) is 25.7 Å². The fourth-order valence-corrected chi connectivity index (χ4v) is 1.51. The third kappa shape index (κ3) is 5.11. The van der Waals surface area contributed by atoms with E-state index in [0.717, 1.165) is 12.0 Å². The highest BCUT2D eigenvalue weighted by atomic mass is 16.5. The Hall–Kier alpha value is -1.66. The number of nitrogens with one attached hydrogen (secondary N) is 1. The Bertz CT molecular complexity index is 355. The summed E-state index contributed by atoms with van der Waals surface area (Å²) in [7, 11) is 3.61. The molecule has 0 saturated carbocycles. The van der Waals surface area contributed by atoms with Crippen molar-refractivity contribution in [1.29, 1.82) is 0 Å². The lowest BCUT2D eigenvalue weighted by molar-refractivity contribution is 0.197. The van der Waals surface area contributed by atoms with Gasteiger partial charge in [0.15, 0.2) is 0 Å². The summed E-state index contributed by atoms with van der Waals surface area (Å²) in [6.45, 7) is 2.10. The van der Waals surface area contributed by atoms with Gasteiger partial charge in [0.1, 0.15) is 0 Å². The minimum atomic E-state index is 0.662. The first-order chi connectivity index (χ1) is 8.77. The van der Waals surface area contributed by atoms with E-state index in [1.54, 1.807) is 13.3 Å². The van der Waals surface area contributed by atoms with Gasteiger partial charge in [-0.2, -0.15) is 0 Å². The highest BCUT2D eigenvalue weighted by molar-refractivity contribution is 5.79. The minimum Gasteiger partial charge on any atom is -0.385 e. The maximum Gasteiger partial charge on any atom is 0.208 e. The lowest BCUT2D eigenvalue weighted by Gasteiger charge is -2.20. The zero-order valence-corrected chi connectivity index (χ0v) is 11.0. The number of aliphatic imine (C=N–C) groups is 1. The average molecular weight is 251 g/mol. The van der Waals surface area contributed by atoms with Crippen LogP contribution in [0.2, 0.25) is 0 Å². The molecular weight excluding hydrogens is 230 g/mol. The van der Waals surface area contributed by atoms with Gasteiger partial charge in [0, 0.05) is 46.2 Å². The van der Waals surface area contributed by atoms with Crippen molar-refractivity contribution in [2.45, 2.75) is 13.0 Å². The Labute approximate surface area is 108 Å². The molecule has 6 nitrogen and oxygen atoms in total. The summed E-state index contributed by atoms with van der Waals surface area (Å²) >= 11 is 0. The Kier molecular flexibility index (Phi) is 6.75. The van der Waals surface area contributed by atoms with Crippen LogP contribution in [0.4, 0.5) is 0 Å². The number of rotatable bonds is 6. The maximum atomic E-state index is 5.47. The van der Waals surface area contributed by atoms with Crippen LogP contribution >= 0.6 is 0 Å². The molecule has 1 aromatic heterocycles. The summed E-state index contributed by atoms with van der Waals surface area (Å²) in [6.07, 6.45) is 4.46. The Morgan fingerprint density at radius 1 is 1.61 bits per heavy atom. The van der Waals surface area contributed by atoms with Crippen LogP contribution in [0.1, 0.15) is 12.0 Å². The second-order valence-electron chi connectivity index (χ2n) is 3.91. The predicted octanol–water partition coefficient (Wildman–Crippen LogP) is 0.369. The van der Waals surface area contributed by atoms with Crippen LogP contribution in [-0.4, -0.2) is 43.2 Å². The smallest absolute Gasteiger partial charge is 0.208 e. The molecule has 0 atom stereocenters. The molecule has 0 fully saturated rings. The molecule has 0 aliphatic rings. The molecule has 1 heterocycles. The number of hydrazine groups is 1. The van der Waals surface area contributed by atoms with Crippen LogP contribution in [0, 0.1) is 0 Å². The zero-order chi connectivity index (χ0) is 13.2. The maximum absolute atomic E-state index is 5.47. The van der Waals surface area contributed by atoms with Gasteiger partial charge in [-0.05, 0) is 18.1 Å². The van der Waals surface area contributed by atoms with E-state index in [2.05, 4.69) is 15.4 Å². The molecule has 0 aliphatic carbocycles. The molecule has 0 bridgehead atoms. The van der Waals surface area contributed by atoms with E-state index < -0.39 is 0 Å². The fourth-order valence-electron chi connectivity index (χ4n) is 1.51. The van der Waals surface area contributed by atoms with Crippen LogP contribution in [0.25, 0.3) is 0 Å². The number of methoxy groups -OCH3 is 1. The quantitative estimate of drug-likeness (QED) is 0.251. The summed E-state index contributed by atoms with van der Waals surface area (Å²) in [5.74, 6) is 6.13. The number of guanidine groups is 1. The van der Waals surface area contributed by atoms with Gasteiger partial charge in [0.05, 0.1) is 0 Å². The van der Waals surface area contributed by atoms with E-state index in [-0.39, 0.29) is 0 Å². The molecule has 100 valence electrons. The summed E-state index contributed by atoms with van der Waals surface area (Å²) in [4.78, 5) is 10.4. The van der Waals surface area contributed by atoms with Crippen molar-refractivity contribution in [3.8, 4) is 0 Å². The predicted molar refractivity (Wildman–Crippen MR) is 71.8 cm³/mol. The van der Waals surface area contributed by atoms with E-state index in [4.69, 9.17) is 10.6 Å². The monoisotopic (exact) mass is 251 g/mol. The molecule has 0 spiro atoms. The normalized spacial score (nSPS) is 11.4. The Morgan fingerprint density at radius 3 is 3.06 bits per heavy atom. The summed E-state index contributed by atoms with van der Waals surface area (Å²) in [5, 5.41) is 0. The molecule has 0 aromatic carbocycles. The largest absolute Gasteiger partial charge is 0.385 e. The molecule has 1 aromatic rings. The van der Waals surface area contributed by atoms with Crippen LogP contribution in [0.5, 0.6) is 0 Å². The van der Waals surface area contributed by atoms with Gasteiger partial charge in [-0.15, -0.1) is 0 Å². The van der Waals surface area contributed by atoms with Gasteiger partial charge in [0.2, 0.25) is 5.96 Å². The van der Waals surface area contributed by atoms with Crippen molar-refractivity contribution in [3.63, 3.8) is 0 Å². The van der Waals surface area contributed by atoms with Crippen LogP contribution in [0.15, 0.2) is 29.5 Å². The van der Waals surface area contributed by atoms with Gasteiger partial charge >= 0.3 is 0 Å². The van der Waals surface area contributed by atoms with Crippen LogP contribution in [-0.2, 0) is 11.3 Å². The van der Waals surface area contributed by atoms with Gasteiger partial charge in [-0.1, -0.05) is 6.07 Å². The molecule has 18 heavy (non-hydrogen) atoms. The number of aromatic nitrogens is 1. The van der Waals surface area contributed by atoms with Gasteiger partial charge in [-0.3, -0.25) is 15.4 Å². The SMILES string of the molecule is COCCCN=C(NN)N(C)Cc1cccnc1. The van der Waals surface area contributed by atoms with Crippen LogP contribution in [0.3, 0.4) is 0 Å². The standard InChI is InChI=1S/C12H21N5O/c1-17(10-11-5-3-6-14-9-11)12(16-13)15-7-4-8-18-2/h3,5-6,9H,4,7-8,10,13H2,1-2H3,(H,15,16). The number of nitrogens with zero attached hydrogens (tertiary/aromatic N) is 3. The molecule has 6 heteroatoms. The second-order valence-corrected chi connectivity index (χ2v) is 3.91. The number of ether oxygens (including phenoxy) is 1. The molecule has 3 N–H and O–H groups in total. The first-order valence-corrected chi connectivity index (χ1v) is 5.88. The summed E-state index contributed by atoms with van der Waals surface area (Å²) in [6, 6.07) is 3.93. The van der Waals surface area contributed by atoms with Gasteiger partial charge in [-0.25, -0.2) is 5.84 Å². The summed E-state index contributed by atoms with van der Waals surface area (Å²) in [5.41, 5.74) is 3.72. The number of pyridine rings is 1. The highest BCUT2D eigenvalue weighted by Gasteiger charge is 2.05. The van der Waals surface area contributed by atoms with Crippen molar-refractivity contribution < 1.29 is 4.74 Å². The van der Waals surface area contributed by atoms with Gasteiger partial charge < -0.3 is 9.64 Å². The van der Waals surface area contributed by atoms with E-state index in [1.807, 2.05) is 30.3 Å². The fraction of sp³-hybridized carbons (Fsp3) is 0.500. The molecule has 1 rings (SSSR count). The van der Waals surface area contributed by atoms with Gasteiger partial charge in [0.25, 0.3) is 0 Å². The van der Waals surface area contributed by atoms with Crippen molar-refractivity contribution in [3.05, 3.63) is 30.1 Å². The third-order valence-corrected chi connectivity index (χ3v) is 2.40. The van der Waals surface area contributed by atoms with Crippen molar-refractivity contribution in [1.82, 2.24) is 15.3 Å². The van der Waals surface area contributed by atoms with Crippen molar-refractivity contribution >= 4 is 5.96 Å². The van der Waals surface area contributed by atoms with E-state index in [1.165, 1.54) is 0 Å². The Morgan fingerprint density at radius 2 is 2.44 bits per heavy atom. The number of hydrogen-bond acceptors (Lipinski definition) is 4. The number of hydrogen-bond donors (Lipinski definition) is 2. The molecule has 0 aliphatic heterocycles. The molecular formula is C12H21N5O.